The summed E-state index contributed by atoms with van der Waals surface area (Å²) in [6.07, 6.45) is -1.21. The molecule has 6 nitrogen and oxygen atoms in total. The van der Waals surface area contributed by atoms with E-state index in [2.05, 4.69) is 22.6 Å². The average molecular weight is 487 g/mol. The lowest BCUT2D eigenvalue weighted by molar-refractivity contribution is -0.384. The highest BCUT2D eigenvalue weighted by molar-refractivity contribution is 14.1. The first kappa shape index (κ1) is 19.7. The van der Waals surface area contributed by atoms with Crippen LogP contribution in [0.15, 0.2) is 78.9 Å². The number of ketones is 1. The first-order chi connectivity index (χ1) is 13.5. The van der Waals surface area contributed by atoms with Gasteiger partial charge in [-0.15, -0.1) is 0 Å². The van der Waals surface area contributed by atoms with Crippen molar-refractivity contribution >= 4 is 40.0 Å². The largest absolute Gasteiger partial charge is 0.445 e. The molecule has 0 amide bonds. The minimum Gasteiger partial charge on any atom is -0.445 e. The van der Waals surface area contributed by atoms with Crippen LogP contribution in [0.4, 0.5) is 5.69 Å². The molecular formula is C21H14INO5. The van der Waals surface area contributed by atoms with E-state index in [1.165, 1.54) is 24.3 Å². The Bertz CT molecular complexity index is 1020. The SMILES string of the molecule is O=C(O[C@H](C(=O)c1ccccc1)c1ccc([N+](=O)[O-])cc1)c1cccc(I)c1. The van der Waals surface area contributed by atoms with Crippen LogP contribution in [0.1, 0.15) is 32.4 Å². The second-order valence-corrected chi connectivity index (χ2v) is 7.12. The van der Waals surface area contributed by atoms with Crippen molar-refractivity contribution in [2.45, 2.75) is 6.10 Å². The van der Waals surface area contributed by atoms with Crippen LogP contribution in [0.2, 0.25) is 0 Å². The Morgan fingerprint density at radius 3 is 2.14 bits per heavy atom. The molecule has 0 aromatic heterocycles. The van der Waals surface area contributed by atoms with Crippen LogP contribution in [-0.4, -0.2) is 16.7 Å². The molecule has 0 bridgehead atoms. The van der Waals surface area contributed by atoms with Crippen LogP contribution in [-0.2, 0) is 4.74 Å². The minimum absolute atomic E-state index is 0.112. The van der Waals surface area contributed by atoms with Crippen LogP contribution in [0.25, 0.3) is 0 Å². The maximum absolute atomic E-state index is 13.0. The van der Waals surface area contributed by atoms with Crippen LogP contribution >= 0.6 is 22.6 Å². The van der Waals surface area contributed by atoms with Gasteiger partial charge in [-0.25, -0.2) is 4.79 Å². The molecular weight excluding hydrogens is 473 g/mol. The fourth-order valence-corrected chi connectivity index (χ4v) is 3.13. The van der Waals surface area contributed by atoms with E-state index in [9.17, 15) is 19.7 Å². The number of nitrogens with zero attached hydrogens (tertiary/aromatic N) is 1. The van der Waals surface area contributed by atoms with Crippen molar-refractivity contribution in [2.24, 2.45) is 0 Å². The summed E-state index contributed by atoms with van der Waals surface area (Å²) in [6.45, 7) is 0. The predicted octanol–water partition coefficient (Wildman–Crippen LogP) is 4.98. The summed E-state index contributed by atoms with van der Waals surface area (Å²) < 4.78 is 6.39. The van der Waals surface area contributed by atoms with Gasteiger partial charge in [0, 0.05) is 26.8 Å². The Kier molecular flexibility index (Phi) is 6.15. The third kappa shape index (κ3) is 4.61. The zero-order chi connectivity index (χ0) is 20.1. The quantitative estimate of drug-likeness (QED) is 0.161. The number of Topliss-reactive ketones (excluding diaryl/α,β-unsaturated/α-hetero) is 1. The summed E-state index contributed by atoms with van der Waals surface area (Å²) in [4.78, 5) is 35.9. The van der Waals surface area contributed by atoms with Gasteiger partial charge < -0.3 is 4.74 Å². The molecule has 0 aliphatic carbocycles. The Morgan fingerprint density at radius 2 is 1.54 bits per heavy atom. The third-order valence-electron chi connectivity index (χ3n) is 3.99. The molecule has 7 heteroatoms. The van der Waals surface area contributed by atoms with Crippen molar-refractivity contribution in [2.75, 3.05) is 0 Å². The molecule has 0 unspecified atom stereocenters. The van der Waals surface area contributed by atoms with Gasteiger partial charge in [0.15, 0.2) is 6.10 Å². The van der Waals surface area contributed by atoms with E-state index in [1.807, 2.05) is 6.07 Å². The average Bonchev–Trinajstić information content (AvgIpc) is 2.72. The smallest absolute Gasteiger partial charge is 0.339 e. The number of ether oxygens (including phenoxy) is 1. The fraction of sp³-hybridized carbons (Fsp3) is 0.0476. The molecule has 0 fully saturated rings. The lowest BCUT2D eigenvalue weighted by Gasteiger charge is -2.17. The molecule has 0 N–H and O–H groups in total. The van der Waals surface area contributed by atoms with E-state index in [-0.39, 0.29) is 5.69 Å². The summed E-state index contributed by atoms with van der Waals surface area (Å²) >= 11 is 2.08. The Labute approximate surface area is 174 Å². The summed E-state index contributed by atoms with van der Waals surface area (Å²) in [5.41, 5.74) is 0.943. The summed E-state index contributed by atoms with van der Waals surface area (Å²) in [7, 11) is 0. The van der Waals surface area contributed by atoms with Crippen LogP contribution < -0.4 is 0 Å². The highest BCUT2D eigenvalue weighted by Gasteiger charge is 2.27. The number of carbonyl (C=O) groups excluding carboxylic acids is 2. The molecule has 3 rings (SSSR count). The molecule has 0 heterocycles. The second kappa shape index (κ2) is 8.75. The van der Waals surface area contributed by atoms with Crippen molar-refractivity contribution in [1.29, 1.82) is 0 Å². The highest BCUT2D eigenvalue weighted by Crippen LogP contribution is 2.26. The van der Waals surface area contributed by atoms with Crippen molar-refractivity contribution in [3.05, 3.63) is 109 Å². The van der Waals surface area contributed by atoms with Gasteiger partial charge in [0.2, 0.25) is 5.78 Å². The van der Waals surface area contributed by atoms with Crippen LogP contribution in [0.5, 0.6) is 0 Å². The number of rotatable bonds is 6. The van der Waals surface area contributed by atoms with Gasteiger partial charge in [0.25, 0.3) is 5.69 Å². The molecule has 28 heavy (non-hydrogen) atoms. The monoisotopic (exact) mass is 487 g/mol. The van der Waals surface area contributed by atoms with E-state index in [0.29, 0.717) is 16.7 Å². The van der Waals surface area contributed by atoms with Gasteiger partial charge in [0.1, 0.15) is 0 Å². The summed E-state index contributed by atoms with van der Waals surface area (Å²) in [5.74, 6) is -1.06. The second-order valence-electron chi connectivity index (χ2n) is 5.87. The summed E-state index contributed by atoms with van der Waals surface area (Å²) in [6, 6.07) is 20.7. The van der Waals surface area contributed by atoms with Gasteiger partial charge in [0.05, 0.1) is 10.5 Å². The molecule has 0 spiro atoms. The van der Waals surface area contributed by atoms with Crippen LogP contribution in [0.3, 0.4) is 0 Å². The lowest BCUT2D eigenvalue weighted by atomic mass is 9.99. The number of hydrogen-bond acceptors (Lipinski definition) is 5. The van der Waals surface area contributed by atoms with Gasteiger partial charge in [-0.3, -0.25) is 14.9 Å². The van der Waals surface area contributed by atoms with Gasteiger partial charge in [-0.1, -0.05) is 36.4 Å². The zero-order valence-corrected chi connectivity index (χ0v) is 16.6. The maximum atomic E-state index is 13.0. The van der Waals surface area contributed by atoms with Crippen molar-refractivity contribution in [3.63, 3.8) is 0 Å². The number of halogens is 1. The highest BCUT2D eigenvalue weighted by atomic mass is 127. The molecule has 3 aromatic rings. The maximum Gasteiger partial charge on any atom is 0.339 e. The van der Waals surface area contributed by atoms with Crippen molar-refractivity contribution in [3.8, 4) is 0 Å². The Morgan fingerprint density at radius 1 is 0.893 bits per heavy atom. The number of non-ortho nitro benzene ring substituents is 1. The van der Waals surface area contributed by atoms with E-state index < -0.39 is 22.8 Å². The third-order valence-corrected chi connectivity index (χ3v) is 4.66. The Balaban J connectivity index is 1.95. The van der Waals surface area contributed by atoms with Gasteiger partial charge >= 0.3 is 5.97 Å². The van der Waals surface area contributed by atoms with E-state index >= 15 is 0 Å². The molecule has 0 saturated carbocycles. The first-order valence-corrected chi connectivity index (χ1v) is 9.34. The van der Waals surface area contributed by atoms with E-state index in [4.69, 9.17) is 4.74 Å². The Hall–Kier alpha value is -3.07. The van der Waals surface area contributed by atoms with Crippen molar-refractivity contribution < 1.29 is 19.2 Å². The van der Waals surface area contributed by atoms with E-state index in [1.54, 1.807) is 48.5 Å². The number of esters is 1. The number of carbonyl (C=O) groups is 2. The topological polar surface area (TPSA) is 86.5 Å². The van der Waals surface area contributed by atoms with Gasteiger partial charge in [-0.05, 0) is 52.9 Å². The normalized spacial score (nSPS) is 11.5. The molecule has 0 aliphatic rings. The fourth-order valence-electron chi connectivity index (χ4n) is 2.59. The predicted molar refractivity (Wildman–Crippen MR) is 111 cm³/mol. The number of benzene rings is 3. The molecule has 140 valence electrons. The number of nitro benzene ring substituents is 1. The lowest BCUT2D eigenvalue weighted by Crippen LogP contribution is -2.20. The van der Waals surface area contributed by atoms with Crippen molar-refractivity contribution in [1.82, 2.24) is 0 Å². The number of nitro groups is 1. The molecule has 1 atom stereocenters. The standard InChI is InChI=1S/C21H14INO5/c22-17-8-4-7-16(13-17)21(25)28-20(19(24)14-5-2-1-3-6-14)15-9-11-18(12-10-15)23(26)27/h1-13,20H/t20-/m0/s1. The first-order valence-electron chi connectivity index (χ1n) is 8.26. The summed E-state index contributed by atoms with van der Waals surface area (Å²) in [5, 5.41) is 10.9. The van der Waals surface area contributed by atoms with E-state index in [0.717, 1.165) is 3.57 Å². The molecule has 0 saturated heterocycles. The number of hydrogen-bond donors (Lipinski definition) is 0. The molecule has 0 aliphatic heterocycles. The van der Waals surface area contributed by atoms with Crippen LogP contribution in [0, 0.1) is 13.7 Å². The van der Waals surface area contributed by atoms with Gasteiger partial charge in [-0.2, -0.15) is 0 Å². The zero-order valence-electron chi connectivity index (χ0n) is 14.4. The molecule has 0 radical (unpaired) electrons. The molecule has 3 aromatic carbocycles. The minimum atomic E-state index is -1.21.